The van der Waals surface area contributed by atoms with Crippen LogP contribution in [0.5, 0.6) is 0 Å². The van der Waals surface area contributed by atoms with Crippen LogP contribution < -0.4 is 5.73 Å². The van der Waals surface area contributed by atoms with Gasteiger partial charge in [-0.2, -0.15) is 0 Å². The van der Waals surface area contributed by atoms with Crippen LogP contribution in [0.3, 0.4) is 0 Å². The minimum Gasteiger partial charge on any atom is -0.457 e. The van der Waals surface area contributed by atoms with Crippen molar-refractivity contribution in [3.63, 3.8) is 0 Å². The maximum atomic E-state index is 12.5. The van der Waals surface area contributed by atoms with E-state index in [1.807, 2.05) is 0 Å². The lowest BCUT2D eigenvalue weighted by molar-refractivity contribution is -0.154. The molecule has 0 spiro atoms. The lowest BCUT2D eigenvalue weighted by Crippen LogP contribution is -2.28. The third-order valence-electron chi connectivity index (χ3n) is 8.93. The van der Waals surface area contributed by atoms with Gasteiger partial charge >= 0.3 is 13.8 Å². The van der Waals surface area contributed by atoms with Gasteiger partial charge in [0.15, 0.2) is 0 Å². The number of hydrogen-bond donors (Lipinski definition) is 2. The summed E-state index contributed by atoms with van der Waals surface area (Å²) in [6.07, 6.45) is 39.3. The van der Waals surface area contributed by atoms with Crippen molar-refractivity contribution < 1.29 is 32.8 Å². The predicted molar refractivity (Wildman–Crippen MR) is 206 cm³/mol. The Hall–Kier alpha value is -0.760. The highest BCUT2D eigenvalue weighted by Gasteiger charge is 2.25. The summed E-state index contributed by atoms with van der Waals surface area (Å²) in [5, 5.41) is 0. The van der Waals surface area contributed by atoms with Gasteiger partial charge in [0.2, 0.25) is 0 Å². The zero-order chi connectivity index (χ0) is 35.9. The summed E-state index contributed by atoms with van der Waals surface area (Å²) in [5.74, 6) is -0.336. The summed E-state index contributed by atoms with van der Waals surface area (Å²) < 4.78 is 33.4. The maximum absolute atomic E-state index is 12.5. The van der Waals surface area contributed by atoms with Crippen LogP contribution in [0.15, 0.2) is 12.2 Å². The van der Waals surface area contributed by atoms with E-state index >= 15 is 0 Å². The quantitative estimate of drug-likeness (QED) is 0.0278. The van der Waals surface area contributed by atoms with Crippen LogP contribution in [-0.2, 0) is 27.9 Å². The van der Waals surface area contributed by atoms with Crippen molar-refractivity contribution in [2.24, 2.45) is 5.73 Å². The number of phosphoric acid groups is 1. The van der Waals surface area contributed by atoms with E-state index in [1.54, 1.807) is 0 Å². The van der Waals surface area contributed by atoms with Gasteiger partial charge < -0.3 is 20.1 Å². The van der Waals surface area contributed by atoms with Crippen molar-refractivity contribution in [1.29, 1.82) is 0 Å². The first-order chi connectivity index (χ1) is 23.9. The monoisotopic (exact) mass is 718 g/mol. The molecule has 0 aliphatic rings. The van der Waals surface area contributed by atoms with Crippen LogP contribution >= 0.6 is 7.82 Å². The zero-order valence-electron chi connectivity index (χ0n) is 32.2. The molecule has 0 saturated heterocycles. The van der Waals surface area contributed by atoms with Gasteiger partial charge in [0, 0.05) is 19.6 Å². The molecular formula is C40H80NO7P. The molecule has 0 aliphatic carbocycles. The Bertz CT molecular complexity index is 767. The number of allylic oxidation sites excluding steroid dienone is 2. The van der Waals surface area contributed by atoms with E-state index in [9.17, 15) is 14.3 Å². The zero-order valence-corrected chi connectivity index (χ0v) is 33.1. The van der Waals surface area contributed by atoms with Crippen molar-refractivity contribution in [3.05, 3.63) is 12.2 Å². The molecule has 292 valence electrons. The molecule has 8 nitrogen and oxygen atoms in total. The molecule has 2 atom stereocenters. The standard InChI is InChI=1S/C40H80NO7P/c1-3-5-7-9-11-13-15-17-19-20-21-23-25-27-29-31-33-40(42)48-39(38-47-49(43,44)46-36-34-41)37-45-35-32-30-28-26-24-22-18-16-14-12-10-8-6-4-2/h19-20,39H,3-18,21-38,41H2,1-2H3,(H,43,44)/b20-19-. The second kappa shape index (κ2) is 38.5. The fourth-order valence-electron chi connectivity index (χ4n) is 5.87. The van der Waals surface area contributed by atoms with E-state index in [-0.39, 0.29) is 32.3 Å². The highest BCUT2D eigenvalue weighted by molar-refractivity contribution is 7.47. The first kappa shape index (κ1) is 48.2. The first-order valence-corrected chi connectivity index (χ1v) is 22.2. The lowest BCUT2D eigenvalue weighted by Gasteiger charge is -2.20. The van der Waals surface area contributed by atoms with Gasteiger partial charge in [-0.05, 0) is 38.5 Å². The number of rotatable bonds is 40. The Morgan fingerprint density at radius 2 is 1.02 bits per heavy atom. The highest BCUT2D eigenvalue weighted by atomic mass is 31.2. The van der Waals surface area contributed by atoms with Crippen molar-refractivity contribution >= 4 is 13.8 Å². The van der Waals surface area contributed by atoms with Gasteiger partial charge in [-0.1, -0.05) is 167 Å². The highest BCUT2D eigenvalue weighted by Crippen LogP contribution is 2.43. The number of phosphoric ester groups is 1. The molecule has 49 heavy (non-hydrogen) atoms. The Morgan fingerprint density at radius 1 is 0.592 bits per heavy atom. The second-order valence-electron chi connectivity index (χ2n) is 13.9. The molecule has 0 amide bonds. The molecule has 0 fully saturated rings. The average molecular weight is 718 g/mol. The SMILES string of the molecule is CCCCCCCCC/C=C\CCCCCCCC(=O)OC(COCCCCCCCCCCCCCCCC)COP(=O)(O)OCCN. The predicted octanol–water partition coefficient (Wildman–Crippen LogP) is 11.9. The molecule has 0 bridgehead atoms. The molecular weight excluding hydrogens is 637 g/mol. The van der Waals surface area contributed by atoms with Gasteiger partial charge in [0.25, 0.3) is 0 Å². The van der Waals surface area contributed by atoms with Crippen molar-refractivity contribution in [2.45, 2.75) is 206 Å². The van der Waals surface area contributed by atoms with Crippen LogP contribution in [0, 0.1) is 0 Å². The van der Waals surface area contributed by atoms with E-state index in [1.165, 1.54) is 135 Å². The number of nitrogens with two attached hydrogens (primary N) is 1. The van der Waals surface area contributed by atoms with Crippen molar-refractivity contribution in [2.75, 3.05) is 33.0 Å². The summed E-state index contributed by atoms with van der Waals surface area (Å²) in [4.78, 5) is 22.4. The average Bonchev–Trinajstić information content (AvgIpc) is 3.09. The maximum Gasteiger partial charge on any atom is 0.472 e. The first-order valence-electron chi connectivity index (χ1n) is 20.7. The molecule has 3 N–H and O–H groups in total. The minimum absolute atomic E-state index is 0.0939. The third kappa shape index (κ3) is 38.3. The molecule has 0 aliphatic heterocycles. The number of carbonyl (C=O) groups is 1. The fraction of sp³-hybridized carbons (Fsp3) is 0.925. The van der Waals surface area contributed by atoms with Crippen LogP contribution in [0.25, 0.3) is 0 Å². The Kier molecular flexibility index (Phi) is 37.9. The summed E-state index contributed by atoms with van der Waals surface area (Å²) in [6.45, 7) is 4.94. The lowest BCUT2D eigenvalue weighted by atomic mass is 10.0. The van der Waals surface area contributed by atoms with E-state index < -0.39 is 13.9 Å². The topological polar surface area (TPSA) is 117 Å². The molecule has 0 aromatic heterocycles. The number of hydrogen-bond acceptors (Lipinski definition) is 7. The number of unbranched alkanes of at least 4 members (excludes halogenated alkanes) is 25. The molecule has 9 heteroatoms. The fourth-order valence-corrected chi connectivity index (χ4v) is 6.64. The summed E-state index contributed by atoms with van der Waals surface area (Å²) >= 11 is 0. The van der Waals surface area contributed by atoms with E-state index in [0.29, 0.717) is 13.0 Å². The van der Waals surface area contributed by atoms with Gasteiger partial charge in [-0.3, -0.25) is 13.8 Å². The Morgan fingerprint density at radius 3 is 1.49 bits per heavy atom. The van der Waals surface area contributed by atoms with E-state index in [4.69, 9.17) is 24.3 Å². The van der Waals surface area contributed by atoms with E-state index in [0.717, 1.165) is 44.9 Å². The summed E-state index contributed by atoms with van der Waals surface area (Å²) in [5.41, 5.74) is 5.36. The van der Waals surface area contributed by atoms with Crippen LogP contribution in [-0.4, -0.2) is 49.9 Å². The molecule has 2 unspecified atom stereocenters. The normalized spacial score (nSPS) is 13.6. The molecule has 0 radical (unpaired) electrons. The molecule has 0 rings (SSSR count). The van der Waals surface area contributed by atoms with Crippen molar-refractivity contribution in [3.8, 4) is 0 Å². The van der Waals surface area contributed by atoms with Crippen LogP contribution in [0.1, 0.15) is 200 Å². The summed E-state index contributed by atoms with van der Waals surface area (Å²) in [7, 11) is -4.27. The minimum atomic E-state index is -4.27. The Balaban J connectivity index is 4.04. The van der Waals surface area contributed by atoms with Gasteiger partial charge in [-0.15, -0.1) is 0 Å². The number of carbonyl (C=O) groups excluding carboxylic acids is 1. The van der Waals surface area contributed by atoms with Crippen molar-refractivity contribution in [1.82, 2.24) is 0 Å². The molecule has 0 heterocycles. The summed E-state index contributed by atoms with van der Waals surface area (Å²) in [6, 6.07) is 0. The Labute approximate surface area is 303 Å². The largest absolute Gasteiger partial charge is 0.472 e. The molecule has 0 saturated carbocycles. The van der Waals surface area contributed by atoms with Gasteiger partial charge in [0.1, 0.15) is 6.10 Å². The van der Waals surface area contributed by atoms with Gasteiger partial charge in [0.05, 0.1) is 19.8 Å². The van der Waals surface area contributed by atoms with Gasteiger partial charge in [-0.25, -0.2) is 4.57 Å². The van der Waals surface area contributed by atoms with Crippen LogP contribution in [0.2, 0.25) is 0 Å². The molecule has 0 aromatic rings. The van der Waals surface area contributed by atoms with E-state index in [2.05, 4.69) is 26.0 Å². The van der Waals surface area contributed by atoms with Crippen LogP contribution in [0.4, 0.5) is 0 Å². The number of esters is 1. The second-order valence-corrected chi connectivity index (χ2v) is 15.3. The number of ether oxygens (including phenoxy) is 2. The molecule has 0 aromatic carbocycles. The smallest absolute Gasteiger partial charge is 0.457 e. The third-order valence-corrected chi connectivity index (χ3v) is 9.92.